The van der Waals surface area contributed by atoms with E-state index in [1.165, 1.54) is 11.3 Å². The number of nitrogen functional groups attached to an aromatic ring is 1. The van der Waals surface area contributed by atoms with Crippen molar-refractivity contribution in [1.29, 1.82) is 0 Å². The van der Waals surface area contributed by atoms with Crippen LogP contribution in [0.5, 0.6) is 0 Å². The first-order chi connectivity index (χ1) is 10.0. The van der Waals surface area contributed by atoms with Gasteiger partial charge in [-0.3, -0.25) is 9.78 Å². The van der Waals surface area contributed by atoms with Gasteiger partial charge in [0.1, 0.15) is 10.7 Å². The fraction of sp³-hybridized carbons (Fsp3) is 0.357. The summed E-state index contributed by atoms with van der Waals surface area (Å²) < 4.78 is 0. The molecule has 0 aliphatic carbocycles. The molecule has 1 unspecified atom stereocenters. The van der Waals surface area contributed by atoms with Crippen molar-refractivity contribution in [2.24, 2.45) is 0 Å². The average Bonchev–Trinajstić information content (AvgIpc) is 2.89. The van der Waals surface area contributed by atoms with Crippen molar-refractivity contribution < 1.29 is 4.79 Å². The molecular weight excluding hydrogens is 286 g/mol. The van der Waals surface area contributed by atoms with Crippen LogP contribution in [0.4, 0.5) is 10.9 Å². The van der Waals surface area contributed by atoms with Gasteiger partial charge in [-0.25, -0.2) is 4.98 Å². The number of anilines is 2. The number of thiazole rings is 1. The van der Waals surface area contributed by atoms with Gasteiger partial charge in [-0.1, -0.05) is 11.3 Å². The normalized spacial score (nSPS) is 12.0. The minimum atomic E-state index is -0.204. The van der Waals surface area contributed by atoms with E-state index in [2.05, 4.69) is 15.3 Å². The lowest BCUT2D eigenvalue weighted by atomic mass is 10.1. The molecule has 0 fully saturated rings. The molecule has 2 rings (SSSR count). The number of amides is 1. The topological polar surface area (TPSA) is 84.1 Å². The molecular formula is C14H19N5OS. The van der Waals surface area contributed by atoms with Gasteiger partial charge < -0.3 is 16.0 Å². The lowest BCUT2D eigenvalue weighted by Gasteiger charge is -2.13. The molecule has 0 bridgehead atoms. The first-order valence-corrected chi connectivity index (χ1v) is 7.52. The fourth-order valence-corrected chi connectivity index (χ4v) is 2.69. The zero-order valence-electron chi connectivity index (χ0n) is 12.3. The van der Waals surface area contributed by atoms with Crippen LogP contribution in [-0.4, -0.2) is 29.5 Å². The second-order valence-corrected chi connectivity index (χ2v) is 5.68. The maximum Gasteiger partial charge on any atom is 0.265 e. The molecule has 1 atom stereocenters. The monoisotopic (exact) mass is 305 g/mol. The van der Waals surface area contributed by atoms with Gasteiger partial charge in [0.05, 0.1) is 6.04 Å². The summed E-state index contributed by atoms with van der Waals surface area (Å²) in [6.07, 6.45) is 3.40. The van der Waals surface area contributed by atoms with Gasteiger partial charge in [0.2, 0.25) is 0 Å². The minimum absolute atomic E-state index is 0.116. The van der Waals surface area contributed by atoms with E-state index in [4.69, 9.17) is 5.73 Å². The number of nitrogens with two attached hydrogens (primary N) is 1. The lowest BCUT2D eigenvalue weighted by molar-refractivity contribution is 0.0944. The zero-order chi connectivity index (χ0) is 15.4. The molecule has 6 nitrogen and oxygen atoms in total. The van der Waals surface area contributed by atoms with Gasteiger partial charge in [-0.15, -0.1) is 0 Å². The number of carbonyl (C=O) groups excluding carboxylic acids is 1. The van der Waals surface area contributed by atoms with E-state index >= 15 is 0 Å². The third kappa shape index (κ3) is 3.49. The van der Waals surface area contributed by atoms with Crippen molar-refractivity contribution in [1.82, 2.24) is 15.3 Å². The van der Waals surface area contributed by atoms with Crippen molar-refractivity contribution in [3.8, 4) is 0 Å². The Morgan fingerprint density at radius 3 is 2.76 bits per heavy atom. The average molecular weight is 305 g/mol. The Kier molecular flexibility index (Phi) is 4.74. The molecule has 1 amide bonds. The van der Waals surface area contributed by atoms with Crippen LogP contribution in [0.15, 0.2) is 24.5 Å². The molecule has 21 heavy (non-hydrogen) atoms. The summed E-state index contributed by atoms with van der Waals surface area (Å²) in [5, 5.41) is 3.68. The number of rotatable bonds is 5. The van der Waals surface area contributed by atoms with Crippen molar-refractivity contribution in [2.75, 3.05) is 24.2 Å². The highest BCUT2D eigenvalue weighted by Crippen LogP contribution is 2.27. The van der Waals surface area contributed by atoms with Crippen LogP contribution in [0.1, 0.15) is 35.1 Å². The number of carbonyl (C=O) groups is 1. The van der Waals surface area contributed by atoms with Crippen molar-refractivity contribution >= 4 is 28.2 Å². The Morgan fingerprint density at radius 2 is 2.14 bits per heavy atom. The van der Waals surface area contributed by atoms with Crippen molar-refractivity contribution in [3.05, 3.63) is 35.0 Å². The van der Waals surface area contributed by atoms with E-state index in [1.807, 2.05) is 37.9 Å². The minimum Gasteiger partial charge on any atom is -0.382 e. The Balaban J connectivity index is 2.12. The summed E-state index contributed by atoms with van der Waals surface area (Å²) in [6, 6.07) is 3.63. The van der Waals surface area contributed by atoms with Crippen LogP contribution in [-0.2, 0) is 0 Å². The fourth-order valence-electron chi connectivity index (χ4n) is 1.78. The first kappa shape index (κ1) is 15.2. The maximum atomic E-state index is 12.3. The van der Waals surface area contributed by atoms with Gasteiger partial charge in [0, 0.05) is 26.0 Å². The molecule has 0 aromatic carbocycles. The summed E-state index contributed by atoms with van der Waals surface area (Å²) >= 11 is 1.30. The predicted molar refractivity (Wildman–Crippen MR) is 85.6 cm³/mol. The number of hydrogen-bond donors (Lipinski definition) is 2. The van der Waals surface area contributed by atoms with E-state index in [0.29, 0.717) is 4.88 Å². The van der Waals surface area contributed by atoms with E-state index in [9.17, 15) is 4.79 Å². The number of aromatic nitrogens is 2. The van der Waals surface area contributed by atoms with Crippen LogP contribution in [0, 0.1) is 0 Å². The van der Waals surface area contributed by atoms with E-state index < -0.39 is 0 Å². The highest BCUT2D eigenvalue weighted by atomic mass is 32.1. The molecule has 0 spiro atoms. The third-order valence-electron chi connectivity index (χ3n) is 3.20. The quantitative estimate of drug-likeness (QED) is 0.883. The summed E-state index contributed by atoms with van der Waals surface area (Å²) in [5.74, 6) is 0.0693. The van der Waals surface area contributed by atoms with Crippen molar-refractivity contribution in [3.63, 3.8) is 0 Å². The Bertz CT molecular complexity index is 613. The molecule has 0 aliphatic rings. The van der Waals surface area contributed by atoms with Crippen LogP contribution in [0.25, 0.3) is 0 Å². The van der Waals surface area contributed by atoms with Crippen molar-refractivity contribution in [2.45, 2.75) is 19.9 Å². The molecule has 2 aromatic heterocycles. The first-order valence-electron chi connectivity index (χ1n) is 6.71. The number of pyridine rings is 1. The molecule has 112 valence electrons. The summed E-state index contributed by atoms with van der Waals surface area (Å²) in [7, 11) is 1.92. The van der Waals surface area contributed by atoms with E-state index in [1.54, 1.807) is 12.4 Å². The smallest absolute Gasteiger partial charge is 0.265 e. The number of nitrogens with zero attached hydrogens (tertiary/aromatic N) is 3. The largest absolute Gasteiger partial charge is 0.382 e. The lowest BCUT2D eigenvalue weighted by Crippen LogP contribution is -2.26. The van der Waals surface area contributed by atoms with Crippen LogP contribution in [0.3, 0.4) is 0 Å². The molecule has 0 radical (unpaired) electrons. The predicted octanol–water partition coefficient (Wildman–Crippen LogP) is 2.07. The van der Waals surface area contributed by atoms with Crippen LogP contribution < -0.4 is 16.0 Å². The molecule has 0 aliphatic heterocycles. The third-order valence-corrected chi connectivity index (χ3v) is 4.39. The van der Waals surface area contributed by atoms with Gasteiger partial charge in [0.15, 0.2) is 5.13 Å². The van der Waals surface area contributed by atoms with Gasteiger partial charge in [0.25, 0.3) is 5.91 Å². The molecule has 7 heteroatoms. The second kappa shape index (κ2) is 6.53. The number of hydrogen-bond acceptors (Lipinski definition) is 6. The SMILES string of the molecule is CCN(C)c1nc(N)c(C(=O)NC(C)c2ccncc2)s1. The van der Waals surface area contributed by atoms with E-state index in [0.717, 1.165) is 17.2 Å². The van der Waals surface area contributed by atoms with Crippen LogP contribution >= 0.6 is 11.3 Å². The standard InChI is InChI=1S/C14H19N5OS/c1-4-19(3)14-18-12(15)11(21-14)13(20)17-9(2)10-5-7-16-8-6-10/h5-9H,4,15H2,1-3H3,(H,17,20). The highest BCUT2D eigenvalue weighted by molar-refractivity contribution is 7.18. The van der Waals surface area contributed by atoms with Gasteiger partial charge in [-0.05, 0) is 31.5 Å². The van der Waals surface area contributed by atoms with Crippen LogP contribution in [0.2, 0.25) is 0 Å². The molecule has 0 saturated heterocycles. The summed E-state index contributed by atoms with van der Waals surface area (Å²) in [6.45, 7) is 4.74. The maximum absolute atomic E-state index is 12.3. The Hall–Kier alpha value is -2.15. The number of nitrogens with one attached hydrogen (secondary N) is 1. The zero-order valence-corrected chi connectivity index (χ0v) is 13.1. The second-order valence-electron chi connectivity index (χ2n) is 4.70. The summed E-state index contributed by atoms with van der Waals surface area (Å²) in [4.78, 5) is 22.9. The van der Waals surface area contributed by atoms with Gasteiger partial charge >= 0.3 is 0 Å². The molecule has 2 heterocycles. The molecule has 0 saturated carbocycles. The Labute approximate surface area is 128 Å². The van der Waals surface area contributed by atoms with E-state index in [-0.39, 0.29) is 17.8 Å². The molecule has 2 aromatic rings. The Morgan fingerprint density at radius 1 is 1.48 bits per heavy atom. The van der Waals surface area contributed by atoms with Gasteiger partial charge in [-0.2, -0.15) is 0 Å². The summed E-state index contributed by atoms with van der Waals surface area (Å²) in [5.41, 5.74) is 6.84. The molecule has 3 N–H and O–H groups in total. The highest BCUT2D eigenvalue weighted by Gasteiger charge is 2.19.